The highest BCUT2D eigenvalue weighted by atomic mass is 79.9. The third kappa shape index (κ3) is 3.75. The molecule has 0 heterocycles. The number of alkyl halides is 1. The van der Waals surface area contributed by atoms with E-state index in [-0.39, 0.29) is 10.8 Å². The molecular formula is C8H15BrO2. The Morgan fingerprint density at radius 1 is 1.64 bits per heavy atom. The molecule has 0 spiro atoms. The molecule has 0 saturated carbocycles. The summed E-state index contributed by atoms with van der Waals surface area (Å²) in [5, 5.41) is 0. The highest BCUT2D eigenvalue weighted by molar-refractivity contribution is 9.10. The van der Waals surface area contributed by atoms with Gasteiger partial charge >= 0.3 is 5.97 Å². The zero-order valence-electron chi connectivity index (χ0n) is 7.26. The van der Waals surface area contributed by atoms with Crippen LogP contribution in [-0.2, 0) is 9.53 Å². The van der Waals surface area contributed by atoms with E-state index < -0.39 is 0 Å². The summed E-state index contributed by atoms with van der Waals surface area (Å²) in [5.41, 5.74) is 0. The van der Waals surface area contributed by atoms with Crippen molar-refractivity contribution in [2.75, 3.05) is 7.11 Å². The number of hydrogen-bond donors (Lipinski definition) is 0. The molecule has 0 aromatic rings. The van der Waals surface area contributed by atoms with Crippen molar-refractivity contribution in [3.63, 3.8) is 0 Å². The predicted octanol–water partition coefficient (Wildman–Crippen LogP) is 2.36. The van der Waals surface area contributed by atoms with Crippen molar-refractivity contribution in [2.24, 2.45) is 5.92 Å². The molecule has 0 aliphatic heterocycles. The molecule has 2 nitrogen and oxygen atoms in total. The largest absolute Gasteiger partial charge is 0.468 e. The molecule has 3 heteroatoms. The van der Waals surface area contributed by atoms with Crippen molar-refractivity contribution in [3.8, 4) is 0 Å². The van der Waals surface area contributed by atoms with E-state index in [9.17, 15) is 4.79 Å². The molecule has 2 atom stereocenters. The molecule has 0 aromatic carbocycles. The van der Waals surface area contributed by atoms with Gasteiger partial charge < -0.3 is 4.74 Å². The maximum atomic E-state index is 11.0. The van der Waals surface area contributed by atoms with Gasteiger partial charge in [-0.25, -0.2) is 0 Å². The van der Waals surface area contributed by atoms with Gasteiger partial charge in [-0.15, -0.1) is 0 Å². The first-order chi connectivity index (χ1) is 5.13. The molecule has 11 heavy (non-hydrogen) atoms. The number of carbonyl (C=O) groups excluding carboxylic acids is 1. The van der Waals surface area contributed by atoms with Crippen LogP contribution in [0.15, 0.2) is 0 Å². The van der Waals surface area contributed by atoms with Gasteiger partial charge in [0.25, 0.3) is 0 Å². The Hall–Kier alpha value is -0.0500. The first-order valence-corrected chi connectivity index (χ1v) is 4.77. The Morgan fingerprint density at radius 2 is 2.18 bits per heavy atom. The van der Waals surface area contributed by atoms with Gasteiger partial charge in [0.05, 0.1) is 7.11 Å². The minimum Gasteiger partial charge on any atom is -0.468 e. The first-order valence-electron chi connectivity index (χ1n) is 3.85. The normalized spacial score (nSPS) is 15.6. The lowest BCUT2D eigenvalue weighted by Crippen LogP contribution is -2.22. The maximum Gasteiger partial charge on any atom is 0.319 e. The number of carbonyl (C=O) groups is 1. The van der Waals surface area contributed by atoms with Crippen LogP contribution >= 0.6 is 15.9 Å². The third-order valence-corrected chi connectivity index (χ3v) is 2.95. The van der Waals surface area contributed by atoms with Gasteiger partial charge in [-0.05, 0) is 12.3 Å². The molecule has 0 radical (unpaired) electrons. The summed E-state index contributed by atoms with van der Waals surface area (Å²) in [5.74, 6) is 0.179. The Morgan fingerprint density at radius 3 is 2.55 bits per heavy atom. The van der Waals surface area contributed by atoms with Crippen molar-refractivity contribution < 1.29 is 9.53 Å². The lowest BCUT2D eigenvalue weighted by atomic mass is 10.0. The highest BCUT2D eigenvalue weighted by Gasteiger charge is 2.21. The Kier molecular flexibility index (Phi) is 5.56. The molecule has 0 bridgehead atoms. The Balaban J connectivity index is 3.80. The van der Waals surface area contributed by atoms with Crippen molar-refractivity contribution in [1.82, 2.24) is 0 Å². The van der Waals surface area contributed by atoms with Crippen LogP contribution in [-0.4, -0.2) is 17.9 Å². The average molecular weight is 223 g/mol. The number of ether oxygens (including phenoxy) is 1. The summed E-state index contributed by atoms with van der Waals surface area (Å²) in [4.78, 5) is 10.8. The van der Waals surface area contributed by atoms with Gasteiger partial charge in [-0.1, -0.05) is 36.2 Å². The fourth-order valence-electron chi connectivity index (χ4n) is 0.947. The lowest BCUT2D eigenvalue weighted by molar-refractivity contribution is -0.140. The van der Waals surface area contributed by atoms with E-state index >= 15 is 0 Å². The summed E-state index contributed by atoms with van der Waals surface area (Å²) in [6, 6.07) is 0. The summed E-state index contributed by atoms with van der Waals surface area (Å²) in [6.07, 6.45) is 2.14. The van der Waals surface area contributed by atoms with E-state index in [2.05, 4.69) is 27.6 Å². The molecule has 0 N–H and O–H groups in total. The number of esters is 1. The monoisotopic (exact) mass is 222 g/mol. The molecule has 0 saturated heterocycles. The zero-order chi connectivity index (χ0) is 8.85. The zero-order valence-corrected chi connectivity index (χ0v) is 8.85. The molecule has 66 valence electrons. The molecule has 0 fully saturated rings. The second kappa shape index (κ2) is 5.58. The highest BCUT2D eigenvalue weighted by Crippen LogP contribution is 2.18. The number of methoxy groups -OCH3 is 1. The smallest absolute Gasteiger partial charge is 0.319 e. The SMILES string of the molecule is CCC[C@@H](C)C(Br)C(=O)OC. The van der Waals surface area contributed by atoms with E-state index in [0.717, 1.165) is 12.8 Å². The van der Waals surface area contributed by atoms with Crippen molar-refractivity contribution in [2.45, 2.75) is 31.5 Å². The van der Waals surface area contributed by atoms with Crippen LogP contribution in [0, 0.1) is 5.92 Å². The lowest BCUT2D eigenvalue weighted by Gasteiger charge is -2.14. The molecular weight excluding hydrogens is 208 g/mol. The van der Waals surface area contributed by atoms with Crippen LogP contribution in [0.25, 0.3) is 0 Å². The van der Waals surface area contributed by atoms with Crippen molar-refractivity contribution in [3.05, 3.63) is 0 Å². The number of hydrogen-bond acceptors (Lipinski definition) is 2. The van der Waals surface area contributed by atoms with Crippen LogP contribution in [0.1, 0.15) is 26.7 Å². The summed E-state index contributed by atoms with van der Waals surface area (Å²) in [6.45, 7) is 4.15. The Bertz CT molecular complexity index is 125. The van der Waals surface area contributed by atoms with Crippen molar-refractivity contribution in [1.29, 1.82) is 0 Å². The standard InChI is InChI=1S/C8H15BrO2/c1-4-5-6(2)7(9)8(10)11-3/h6-7H,4-5H2,1-3H3/t6-,7?/m1/s1. The second-order valence-electron chi connectivity index (χ2n) is 2.69. The van der Waals surface area contributed by atoms with Crippen LogP contribution in [0.2, 0.25) is 0 Å². The summed E-state index contributed by atoms with van der Waals surface area (Å²) >= 11 is 3.30. The Labute approximate surface area is 76.4 Å². The molecule has 0 aromatic heterocycles. The maximum absolute atomic E-state index is 11.0. The minimum absolute atomic E-state index is 0.146. The number of halogens is 1. The van der Waals surface area contributed by atoms with Gasteiger partial charge in [0.15, 0.2) is 0 Å². The topological polar surface area (TPSA) is 26.3 Å². The molecule has 1 unspecified atom stereocenters. The van der Waals surface area contributed by atoms with Gasteiger partial charge in [-0.2, -0.15) is 0 Å². The summed E-state index contributed by atoms with van der Waals surface area (Å²) < 4.78 is 4.59. The average Bonchev–Trinajstić information content (AvgIpc) is 2.02. The fraction of sp³-hybridized carbons (Fsp3) is 0.875. The van der Waals surface area contributed by atoms with E-state index in [0.29, 0.717) is 5.92 Å². The summed E-state index contributed by atoms with van der Waals surface area (Å²) in [7, 11) is 1.41. The van der Waals surface area contributed by atoms with E-state index in [1.54, 1.807) is 0 Å². The van der Waals surface area contributed by atoms with E-state index in [1.165, 1.54) is 7.11 Å². The molecule has 0 aliphatic rings. The van der Waals surface area contributed by atoms with Gasteiger partial charge in [0.1, 0.15) is 4.83 Å². The minimum atomic E-state index is -0.175. The first kappa shape index (κ1) is 11.0. The van der Waals surface area contributed by atoms with E-state index in [1.807, 2.05) is 6.92 Å². The fourth-order valence-corrected chi connectivity index (χ4v) is 1.40. The third-order valence-electron chi connectivity index (χ3n) is 1.67. The van der Waals surface area contributed by atoms with Crippen LogP contribution in [0.5, 0.6) is 0 Å². The van der Waals surface area contributed by atoms with Crippen LogP contribution in [0.4, 0.5) is 0 Å². The van der Waals surface area contributed by atoms with Gasteiger partial charge in [0.2, 0.25) is 0 Å². The van der Waals surface area contributed by atoms with E-state index in [4.69, 9.17) is 0 Å². The molecule has 0 aliphatic carbocycles. The van der Waals surface area contributed by atoms with Gasteiger partial charge in [0, 0.05) is 0 Å². The molecule has 0 rings (SSSR count). The van der Waals surface area contributed by atoms with Gasteiger partial charge in [-0.3, -0.25) is 4.79 Å². The second-order valence-corrected chi connectivity index (χ2v) is 3.68. The molecule has 0 amide bonds. The number of rotatable bonds is 4. The van der Waals surface area contributed by atoms with Crippen LogP contribution < -0.4 is 0 Å². The quantitative estimate of drug-likeness (QED) is 0.540. The van der Waals surface area contributed by atoms with Crippen molar-refractivity contribution >= 4 is 21.9 Å². The van der Waals surface area contributed by atoms with Crippen LogP contribution in [0.3, 0.4) is 0 Å². The predicted molar refractivity (Wildman–Crippen MR) is 48.8 cm³/mol.